The van der Waals surface area contributed by atoms with E-state index < -0.39 is 17.3 Å². The van der Waals surface area contributed by atoms with Crippen LogP contribution in [0.25, 0.3) is 11.0 Å². The van der Waals surface area contributed by atoms with Crippen LogP contribution in [0.1, 0.15) is 17.5 Å². The summed E-state index contributed by atoms with van der Waals surface area (Å²) >= 11 is 0. The van der Waals surface area contributed by atoms with Gasteiger partial charge in [-0.3, -0.25) is 9.59 Å². The predicted molar refractivity (Wildman–Crippen MR) is 96.4 cm³/mol. The summed E-state index contributed by atoms with van der Waals surface area (Å²) in [5.41, 5.74) is 2.41. The molecule has 2 aromatic carbocycles. The van der Waals surface area contributed by atoms with Gasteiger partial charge in [0.05, 0.1) is 23.3 Å². The molecule has 4 rings (SSSR count). The first kappa shape index (κ1) is 16.3. The van der Waals surface area contributed by atoms with Crippen molar-refractivity contribution in [2.45, 2.75) is 18.4 Å². The molecule has 1 heterocycles. The normalized spacial score (nSPS) is 21.5. The molecule has 132 valence electrons. The molecular formula is C20H19N3O3. The van der Waals surface area contributed by atoms with Crippen LogP contribution in [0, 0.1) is 5.92 Å². The lowest BCUT2D eigenvalue weighted by Crippen LogP contribution is -2.31. The number of carboxylic acids is 1. The van der Waals surface area contributed by atoms with E-state index in [-0.39, 0.29) is 5.91 Å². The molecule has 1 aliphatic rings. The van der Waals surface area contributed by atoms with Gasteiger partial charge < -0.3 is 15.0 Å². The van der Waals surface area contributed by atoms with Gasteiger partial charge >= 0.3 is 5.97 Å². The van der Waals surface area contributed by atoms with Crippen LogP contribution in [-0.4, -0.2) is 26.5 Å². The zero-order valence-electron chi connectivity index (χ0n) is 14.3. The summed E-state index contributed by atoms with van der Waals surface area (Å²) in [7, 11) is 1.93. The third kappa shape index (κ3) is 2.54. The highest BCUT2D eigenvalue weighted by Gasteiger charge is 2.65. The first-order valence-corrected chi connectivity index (χ1v) is 8.49. The molecule has 1 aliphatic carbocycles. The van der Waals surface area contributed by atoms with Crippen LogP contribution in [0.5, 0.6) is 0 Å². The Balaban J connectivity index is 1.47. The largest absolute Gasteiger partial charge is 0.481 e. The van der Waals surface area contributed by atoms with Gasteiger partial charge in [-0.1, -0.05) is 36.4 Å². The molecule has 1 amide bonds. The Morgan fingerprint density at radius 1 is 1.27 bits per heavy atom. The highest BCUT2D eigenvalue weighted by molar-refractivity contribution is 5.97. The lowest BCUT2D eigenvalue weighted by atomic mass is 9.93. The highest BCUT2D eigenvalue weighted by Crippen LogP contribution is 2.54. The number of aromatic nitrogens is 2. The van der Waals surface area contributed by atoms with E-state index in [0.29, 0.717) is 18.5 Å². The number of carbonyl (C=O) groups is 2. The number of aryl methyl sites for hydroxylation is 1. The zero-order valence-corrected chi connectivity index (χ0v) is 14.3. The summed E-state index contributed by atoms with van der Waals surface area (Å²) in [4.78, 5) is 28.7. The number of fused-ring (bicyclic) bond motifs is 1. The molecule has 6 heteroatoms. The smallest absolute Gasteiger partial charge is 0.314 e. The van der Waals surface area contributed by atoms with E-state index in [1.54, 1.807) is 30.6 Å². The fourth-order valence-corrected chi connectivity index (χ4v) is 3.60. The quantitative estimate of drug-likeness (QED) is 0.740. The van der Waals surface area contributed by atoms with Crippen LogP contribution in [0.2, 0.25) is 0 Å². The maximum atomic E-state index is 12.5. The van der Waals surface area contributed by atoms with Crippen molar-refractivity contribution in [1.29, 1.82) is 0 Å². The van der Waals surface area contributed by atoms with Crippen LogP contribution in [-0.2, 0) is 28.6 Å². The maximum absolute atomic E-state index is 12.5. The van der Waals surface area contributed by atoms with Crippen molar-refractivity contribution in [3.05, 3.63) is 66.0 Å². The first-order valence-electron chi connectivity index (χ1n) is 8.49. The Morgan fingerprint density at radius 2 is 2.04 bits per heavy atom. The van der Waals surface area contributed by atoms with Crippen LogP contribution >= 0.6 is 0 Å². The van der Waals surface area contributed by atoms with Crippen LogP contribution in [0.15, 0.2) is 54.9 Å². The number of amides is 1. The van der Waals surface area contributed by atoms with E-state index in [2.05, 4.69) is 10.3 Å². The number of nitrogens with zero attached hydrogens (tertiary/aromatic N) is 2. The average molecular weight is 349 g/mol. The molecule has 0 spiro atoms. The molecule has 0 saturated heterocycles. The number of nitrogens with one attached hydrogen (secondary N) is 1. The molecular weight excluding hydrogens is 330 g/mol. The summed E-state index contributed by atoms with van der Waals surface area (Å²) in [5.74, 6) is -1.71. The Morgan fingerprint density at radius 3 is 2.77 bits per heavy atom. The van der Waals surface area contributed by atoms with Crippen molar-refractivity contribution in [2.75, 3.05) is 0 Å². The maximum Gasteiger partial charge on any atom is 0.314 e. The molecule has 6 nitrogen and oxygen atoms in total. The average Bonchev–Trinajstić information content (AvgIpc) is 3.33. The number of carboxylic acid groups (broad SMARTS) is 1. The molecule has 0 radical (unpaired) electrons. The summed E-state index contributed by atoms with van der Waals surface area (Å²) in [5, 5.41) is 12.6. The second-order valence-corrected chi connectivity index (χ2v) is 6.80. The van der Waals surface area contributed by atoms with Crippen LogP contribution < -0.4 is 5.32 Å². The third-order valence-electron chi connectivity index (χ3n) is 5.20. The fraction of sp³-hybridized carbons (Fsp3) is 0.250. The summed E-state index contributed by atoms with van der Waals surface area (Å²) < 4.78 is 1.93. The van der Waals surface area contributed by atoms with Crippen molar-refractivity contribution in [2.24, 2.45) is 13.0 Å². The Kier molecular flexibility index (Phi) is 3.76. The van der Waals surface area contributed by atoms with Gasteiger partial charge in [0.1, 0.15) is 5.41 Å². The Bertz CT molecular complexity index is 996. The molecule has 26 heavy (non-hydrogen) atoms. The van der Waals surface area contributed by atoms with Gasteiger partial charge in [0.15, 0.2) is 0 Å². The molecule has 3 aromatic rings. The van der Waals surface area contributed by atoms with E-state index in [1.165, 1.54) is 0 Å². The summed E-state index contributed by atoms with van der Waals surface area (Å²) in [6.07, 6.45) is 2.08. The molecule has 0 aliphatic heterocycles. The molecule has 1 fully saturated rings. The first-order chi connectivity index (χ1) is 12.5. The van der Waals surface area contributed by atoms with Crippen molar-refractivity contribution >= 4 is 22.9 Å². The van der Waals surface area contributed by atoms with E-state index in [4.69, 9.17) is 0 Å². The summed E-state index contributed by atoms with van der Waals surface area (Å²) in [6, 6.07) is 14.8. The second kappa shape index (κ2) is 5.98. The van der Waals surface area contributed by atoms with Crippen molar-refractivity contribution < 1.29 is 14.7 Å². The summed E-state index contributed by atoms with van der Waals surface area (Å²) in [6.45, 7) is 0.354. The fourth-order valence-electron chi connectivity index (χ4n) is 3.60. The number of benzene rings is 2. The van der Waals surface area contributed by atoms with Gasteiger partial charge in [-0.25, -0.2) is 4.98 Å². The molecule has 1 aromatic heterocycles. The predicted octanol–water partition coefficient (Wildman–Crippen LogP) is 2.23. The molecule has 2 atom stereocenters. The minimum Gasteiger partial charge on any atom is -0.481 e. The number of hydrogen-bond donors (Lipinski definition) is 2. The third-order valence-corrected chi connectivity index (χ3v) is 5.20. The Hall–Kier alpha value is -3.15. The van der Waals surface area contributed by atoms with Crippen LogP contribution in [0.4, 0.5) is 0 Å². The topological polar surface area (TPSA) is 84.2 Å². The van der Waals surface area contributed by atoms with Crippen molar-refractivity contribution in [3.63, 3.8) is 0 Å². The van der Waals surface area contributed by atoms with E-state index in [1.807, 2.05) is 35.9 Å². The minimum atomic E-state index is -1.10. The van der Waals surface area contributed by atoms with Gasteiger partial charge in [0.25, 0.3) is 0 Å². The van der Waals surface area contributed by atoms with Gasteiger partial charge in [0, 0.05) is 13.6 Å². The molecule has 0 unspecified atom stereocenters. The minimum absolute atomic E-state index is 0.225. The highest BCUT2D eigenvalue weighted by atomic mass is 16.4. The van der Waals surface area contributed by atoms with E-state index in [9.17, 15) is 14.7 Å². The standard InChI is InChI=1S/C20H19N3O3/c1-23-12-22-16-9-13(7-8-17(16)23)11-21-18(24)15-10-20(15,19(25)26)14-5-3-2-4-6-14/h2-9,12,15H,10-11H2,1H3,(H,21,24)(H,25,26)/t15-,20+/m0/s1. The zero-order chi connectivity index (χ0) is 18.3. The van der Waals surface area contributed by atoms with Crippen molar-refractivity contribution in [3.8, 4) is 0 Å². The lowest BCUT2D eigenvalue weighted by molar-refractivity contribution is -0.141. The number of aliphatic carboxylic acids is 1. The number of carbonyl (C=O) groups excluding carboxylic acids is 1. The number of rotatable bonds is 5. The van der Waals surface area contributed by atoms with Gasteiger partial charge in [-0.2, -0.15) is 0 Å². The monoisotopic (exact) mass is 349 g/mol. The van der Waals surface area contributed by atoms with Gasteiger partial charge in [-0.05, 0) is 29.7 Å². The van der Waals surface area contributed by atoms with Gasteiger partial charge in [-0.15, -0.1) is 0 Å². The molecule has 2 N–H and O–H groups in total. The lowest BCUT2D eigenvalue weighted by Gasteiger charge is -2.13. The SMILES string of the molecule is Cn1cnc2cc(CNC(=O)[C@@H]3C[C@@]3(C(=O)O)c3ccccc3)ccc21. The second-order valence-electron chi connectivity index (χ2n) is 6.80. The molecule has 1 saturated carbocycles. The Labute approximate surface area is 150 Å². The molecule has 0 bridgehead atoms. The number of imidazole rings is 1. The van der Waals surface area contributed by atoms with E-state index in [0.717, 1.165) is 16.6 Å². The van der Waals surface area contributed by atoms with Gasteiger partial charge in [0.2, 0.25) is 5.91 Å². The van der Waals surface area contributed by atoms with Crippen molar-refractivity contribution in [1.82, 2.24) is 14.9 Å². The van der Waals surface area contributed by atoms with E-state index >= 15 is 0 Å². The van der Waals surface area contributed by atoms with Crippen LogP contribution in [0.3, 0.4) is 0 Å². The number of hydrogen-bond acceptors (Lipinski definition) is 3.